The first-order valence-electron chi connectivity index (χ1n) is 1.44. The van der Waals surface area contributed by atoms with Gasteiger partial charge in [-0.3, -0.25) is 9.11 Å². The molecular formula is H3NNaO6S2+. The van der Waals surface area contributed by atoms with Crippen LogP contribution < -0.4 is 33.7 Å². The molecule has 0 spiro atoms. The summed E-state index contributed by atoms with van der Waals surface area (Å²) in [6.07, 6.45) is 0. The fraction of sp³-hybridized carbons (Fsp3) is 0. The molecule has 0 aliphatic heterocycles. The van der Waals surface area contributed by atoms with Gasteiger partial charge in [0.05, 0.1) is 0 Å². The molecule has 0 aromatic heterocycles. The molecule has 0 aliphatic rings. The molecule has 56 valence electrons. The largest absolute Gasteiger partial charge is 1.00 e. The van der Waals surface area contributed by atoms with E-state index in [9.17, 15) is 16.8 Å². The Kier molecular flexibility index (Phi) is 5.31. The van der Waals surface area contributed by atoms with Crippen molar-refractivity contribution in [3.8, 4) is 0 Å². The van der Waals surface area contributed by atoms with Crippen LogP contribution in [-0.2, 0) is 20.6 Å². The van der Waals surface area contributed by atoms with E-state index in [-0.39, 0.29) is 29.6 Å². The fourth-order valence-corrected chi connectivity index (χ4v) is 1.20. The van der Waals surface area contributed by atoms with Gasteiger partial charge in [-0.05, 0) is 0 Å². The molecule has 0 heterocycles. The standard InChI is InChI=1S/H3NO6S2.Na/c2-8(3,4)1-9(5,6)7;/h1H,(H,2,3,4)(H,5,6,7);/q;+1. The van der Waals surface area contributed by atoms with Gasteiger partial charge in [0.1, 0.15) is 0 Å². The van der Waals surface area contributed by atoms with Crippen molar-refractivity contribution in [3.05, 3.63) is 0 Å². The maximum absolute atomic E-state index is 9.55. The zero-order chi connectivity index (χ0) is 7.71. The van der Waals surface area contributed by atoms with Gasteiger partial charge in [0.2, 0.25) is 0 Å². The third-order valence-corrected chi connectivity index (χ3v) is 1.90. The molecule has 0 bridgehead atoms. The van der Waals surface area contributed by atoms with E-state index in [1.807, 2.05) is 0 Å². The van der Waals surface area contributed by atoms with E-state index < -0.39 is 20.6 Å². The normalized spacial score (nSPS) is 12.2. The maximum atomic E-state index is 9.55. The van der Waals surface area contributed by atoms with Crippen LogP contribution in [0.15, 0.2) is 0 Å². The van der Waals surface area contributed by atoms with Gasteiger partial charge in [-0.25, -0.2) is 0 Å². The Balaban J connectivity index is 0. The topological polar surface area (TPSA) is 121 Å². The van der Waals surface area contributed by atoms with Crippen LogP contribution >= 0.6 is 0 Å². The summed E-state index contributed by atoms with van der Waals surface area (Å²) in [4.78, 5) is 0. The van der Waals surface area contributed by atoms with Crippen molar-refractivity contribution in [1.29, 1.82) is 0 Å². The summed E-state index contributed by atoms with van der Waals surface area (Å²) in [5.74, 6) is 0. The first-order chi connectivity index (χ1) is 3.71. The van der Waals surface area contributed by atoms with E-state index in [1.54, 1.807) is 0 Å². The molecule has 0 aromatic carbocycles. The summed E-state index contributed by atoms with van der Waals surface area (Å²) in [6.45, 7) is 0. The molecule has 0 unspecified atom stereocenters. The molecule has 0 atom stereocenters. The Hall–Kier alpha value is 0.780. The maximum Gasteiger partial charge on any atom is 1.00 e. The number of nitrogens with one attached hydrogen (secondary N) is 1. The molecule has 0 aromatic rings. The van der Waals surface area contributed by atoms with Crippen molar-refractivity contribution in [2.45, 2.75) is 0 Å². The smallest absolute Gasteiger partial charge is 0.273 e. The summed E-state index contributed by atoms with van der Waals surface area (Å²) in [5.41, 5.74) is 0. The van der Waals surface area contributed by atoms with Crippen LogP contribution in [-0.4, -0.2) is 25.9 Å². The zero-order valence-corrected chi connectivity index (χ0v) is 8.48. The quantitative estimate of drug-likeness (QED) is 0.304. The molecule has 0 aliphatic carbocycles. The van der Waals surface area contributed by atoms with Crippen molar-refractivity contribution in [3.63, 3.8) is 0 Å². The molecule has 7 nitrogen and oxygen atoms in total. The predicted molar refractivity (Wildman–Crippen MR) is 26.2 cm³/mol. The second kappa shape index (κ2) is 3.97. The molecule has 0 amide bonds. The Bertz CT molecular complexity index is 241. The fourth-order valence-electron chi connectivity index (χ4n) is 0.133. The summed E-state index contributed by atoms with van der Waals surface area (Å²) >= 11 is 0. The number of hydrogen-bond acceptors (Lipinski definition) is 4. The van der Waals surface area contributed by atoms with Gasteiger partial charge in [0.15, 0.2) is 0 Å². The SMILES string of the molecule is O=S(=O)(O)NS(=O)(=O)O.[Na+]. The van der Waals surface area contributed by atoms with Crippen LogP contribution in [0.2, 0.25) is 0 Å². The van der Waals surface area contributed by atoms with Crippen molar-refractivity contribution >= 4 is 20.6 Å². The van der Waals surface area contributed by atoms with Crippen LogP contribution in [0.5, 0.6) is 0 Å². The van der Waals surface area contributed by atoms with E-state index in [2.05, 4.69) is 0 Å². The van der Waals surface area contributed by atoms with Crippen LogP contribution in [0.1, 0.15) is 0 Å². The van der Waals surface area contributed by atoms with Gasteiger partial charge < -0.3 is 0 Å². The monoisotopic (exact) mass is 200 g/mol. The Morgan fingerprint density at radius 3 is 1.10 bits per heavy atom. The Morgan fingerprint density at radius 2 is 1.10 bits per heavy atom. The first-order valence-corrected chi connectivity index (χ1v) is 4.32. The van der Waals surface area contributed by atoms with Gasteiger partial charge >= 0.3 is 50.2 Å². The van der Waals surface area contributed by atoms with E-state index in [0.29, 0.717) is 4.13 Å². The first kappa shape index (κ1) is 13.4. The molecule has 10 heteroatoms. The summed E-state index contributed by atoms with van der Waals surface area (Å²) < 4.78 is 54.1. The van der Waals surface area contributed by atoms with Crippen molar-refractivity contribution in [2.75, 3.05) is 0 Å². The Labute approximate surface area is 79.9 Å². The minimum absolute atomic E-state index is 0. The predicted octanol–water partition coefficient (Wildman–Crippen LogP) is -4.81. The average molecular weight is 200 g/mol. The van der Waals surface area contributed by atoms with Gasteiger partial charge in [0.25, 0.3) is 0 Å². The summed E-state index contributed by atoms with van der Waals surface area (Å²) in [7, 11) is -9.74. The van der Waals surface area contributed by atoms with Gasteiger partial charge in [-0.15, -0.1) is 0 Å². The molecule has 0 radical (unpaired) electrons. The van der Waals surface area contributed by atoms with Crippen LogP contribution in [0.25, 0.3) is 0 Å². The molecular weight excluding hydrogens is 197 g/mol. The van der Waals surface area contributed by atoms with Gasteiger partial charge in [0, 0.05) is 0 Å². The van der Waals surface area contributed by atoms with Crippen LogP contribution in [0.3, 0.4) is 0 Å². The van der Waals surface area contributed by atoms with Crippen LogP contribution in [0.4, 0.5) is 0 Å². The van der Waals surface area contributed by atoms with E-state index in [4.69, 9.17) is 9.11 Å². The molecule has 0 saturated heterocycles. The van der Waals surface area contributed by atoms with Gasteiger partial charge in [-0.1, -0.05) is 4.13 Å². The average Bonchev–Trinajstić information content (AvgIpc) is 1.14. The summed E-state index contributed by atoms with van der Waals surface area (Å²) in [6, 6.07) is 0. The minimum Gasteiger partial charge on any atom is -0.273 e. The molecule has 0 fully saturated rings. The Morgan fingerprint density at radius 1 is 0.900 bits per heavy atom. The third kappa shape index (κ3) is 11.6. The molecule has 3 N–H and O–H groups in total. The molecule has 0 saturated carbocycles. The second-order valence-electron chi connectivity index (χ2n) is 1.03. The second-order valence-corrected chi connectivity index (χ2v) is 3.60. The zero-order valence-electron chi connectivity index (χ0n) is 4.84. The summed E-state index contributed by atoms with van der Waals surface area (Å²) in [5, 5.41) is 0. The number of hydrogen-bond donors (Lipinski definition) is 3. The van der Waals surface area contributed by atoms with E-state index in [1.165, 1.54) is 0 Å². The van der Waals surface area contributed by atoms with Crippen LogP contribution in [0, 0.1) is 0 Å². The van der Waals surface area contributed by atoms with E-state index >= 15 is 0 Å². The van der Waals surface area contributed by atoms with Crippen molar-refractivity contribution < 1.29 is 55.5 Å². The van der Waals surface area contributed by atoms with Crippen molar-refractivity contribution in [1.82, 2.24) is 4.13 Å². The minimum atomic E-state index is -4.87. The molecule has 10 heavy (non-hydrogen) atoms. The van der Waals surface area contributed by atoms with Gasteiger partial charge in [-0.2, -0.15) is 16.8 Å². The van der Waals surface area contributed by atoms with Crippen molar-refractivity contribution in [2.24, 2.45) is 0 Å². The third-order valence-electron chi connectivity index (χ3n) is 0.211. The molecule has 0 rings (SSSR count). The van der Waals surface area contributed by atoms with E-state index in [0.717, 1.165) is 0 Å². The number of rotatable bonds is 2.